The lowest BCUT2D eigenvalue weighted by Gasteiger charge is -2.17. The van der Waals surface area contributed by atoms with Gasteiger partial charge in [-0.15, -0.1) is 0 Å². The Bertz CT molecular complexity index is 509. The fraction of sp³-hybridized carbons (Fsp3) is 0.893. The van der Waals surface area contributed by atoms with Gasteiger partial charge in [0.2, 0.25) is 5.91 Å². The first-order chi connectivity index (χ1) is 16.5. The highest BCUT2D eigenvalue weighted by molar-refractivity contribution is 5.80. The van der Waals surface area contributed by atoms with E-state index in [0.717, 1.165) is 51.4 Å². The maximum Gasteiger partial charge on any atom is 0.322 e. The summed E-state index contributed by atoms with van der Waals surface area (Å²) in [4.78, 5) is 34.2. The third-order valence-corrected chi connectivity index (χ3v) is 6.26. The van der Waals surface area contributed by atoms with E-state index in [1.54, 1.807) is 0 Å². The minimum absolute atomic E-state index is 0.0275. The molecule has 6 heteroatoms. The maximum absolute atomic E-state index is 12.2. The second-order valence-corrected chi connectivity index (χ2v) is 9.66. The topological polar surface area (TPSA) is 92.7 Å². The number of hydrogen-bond donors (Lipinski definition) is 2. The average molecular weight is 484 g/mol. The molecule has 0 fully saturated rings. The van der Waals surface area contributed by atoms with Crippen LogP contribution in [-0.4, -0.2) is 35.6 Å². The summed E-state index contributed by atoms with van der Waals surface area (Å²) in [6, 6.07) is 0. The number of aliphatic carboxylic acids is 1. The van der Waals surface area contributed by atoms with Crippen LogP contribution in [0.25, 0.3) is 0 Å². The number of hydrogen-bond acceptors (Lipinski definition) is 4. The minimum atomic E-state index is -1.03. The van der Waals surface area contributed by atoms with Crippen LogP contribution in [0.5, 0.6) is 0 Å². The molecule has 6 nitrogen and oxygen atoms in total. The molecule has 0 saturated heterocycles. The number of unbranched alkanes of at least 4 members (excludes halogenated alkanes) is 14. The molecule has 0 aromatic rings. The monoisotopic (exact) mass is 483 g/mol. The molecule has 1 amide bonds. The Hall–Kier alpha value is -1.59. The van der Waals surface area contributed by atoms with Crippen molar-refractivity contribution in [2.45, 2.75) is 155 Å². The first kappa shape index (κ1) is 32.4. The van der Waals surface area contributed by atoms with Crippen molar-refractivity contribution < 1.29 is 24.2 Å². The smallest absolute Gasteiger partial charge is 0.322 e. The van der Waals surface area contributed by atoms with Crippen LogP contribution in [0.15, 0.2) is 0 Å². The summed E-state index contributed by atoms with van der Waals surface area (Å²) < 4.78 is 5.71. The SMILES string of the molecule is CCCCCCCCCCCCCCCC(=O)OC(CCC)CCCCCC(=O)NCC(=O)O. The van der Waals surface area contributed by atoms with Crippen molar-refractivity contribution in [3.05, 3.63) is 0 Å². The molecule has 34 heavy (non-hydrogen) atoms. The standard InChI is InChI=1S/C28H53NO5/c1-3-5-6-7-8-9-10-11-12-13-14-15-19-23-28(33)34-25(20-4-2)21-17-16-18-22-26(30)29-24-27(31)32/h25H,3-24H2,1-2H3,(H,29,30)(H,31,32). The molecule has 0 aromatic carbocycles. The van der Waals surface area contributed by atoms with Crippen molar-refractivity contribution in [3.8, 4) is 0 Å². The first-order valence-corrected chi connectivity index (χ1v) is 14.2. The summed E-state index contributed by atoms with van der Waals surface area (Å²) in [6.07, 6.45) is 22.8. The third-order valence-electron chi connectivity index (χ3n) is 6.26. The lowest BCUT2D eigenvalue weighted by atomic mass is 10.0. The van der Waals surface area contributed by atoms with Crippen molar-refractivity contribution >= 4 is 17.8 Å². The number of carboxylic acid groups (broad SMARTS) is 1. The van der Waals surface area contributed by atoms with E-state index in [1.807, 2.05) is 0 Å². The normalized spacial score (nSPS) is 11.8. The third kappa shape index (κ3) is 23.6. The molecule has 0 aliphatic rings. The van der Waals surface area contributed by atoms with Gasteiger partial charge in [-0.05, 0) is 32.1 Å². The van der Waals surface area contributed by atoms with Crippen molar-refractivity contribution in [1.29, 1.82) is 0 Å². The number of carboxylic acids is 1. The van der Waals surface area contributed by atoms with Gasteiger partial charge in [0.25, 0.3) is 0 Å². The first-order valence-electron chi connectivity index (χ1n) is 14.2. The van der Waals surface area contributed by atoms with E-state index in [-0.39, 0.29) is 24.5 Å². The van der Waals surface area contributed by atoms with Gasteiger partial charge in [0, 0.05) is 12.8 Å². The van der Waals surface area contributed by atoms with Crippen molar-refractivity contribution in [2.24, 2.45) is 0 Å². The number of carbonyl (C=O) groups excluding carboxylic acids is 2. The van der Waals surface area contributed by atoms with Crippen LogP contribution in [0, 0.1) is 0 Å². The van der Waals surface area contributed by atoms with Gasteiger partial charge >= 0.3 is 11.9 Å². The second kappa shape index (κ2) is 24.5. The number of nitrogens with one attached hydrogen (secondary N) is 1. The second-order valence-electron chi connectivity index (χ2n) is 9.66. The number of carbonyl (C=O) groups is 3. The largest absolute Gasteiger partial charge is 0.480 e. The molecular weight excluding hydrogens is 430 g/mol. The van der Waals surface area contributed by atoms with E-state index in [4.69, 9.17) is 9.84 Å². The van der Waals surface area contributed by atoms with Gasteiger partial charge in [-0.25, -0.2) is 0 Å². The predicted molar refractivity (Wildman–Crippen MR) is 139 cm³/mol. The molecule has 0 bridgehead atoms. The molecule has 0 rings (SSSR count). The predicted octanol–water partition coefficient (Wildman–Crippen LogP) is 7.33. The molecule has 1 atom stereocenters. The molecule has 0 spiro atoms. The van der Waals surface area contributed by atoms with Crippen LogP contribution in [0.2, 0.25) is 0 Å². The Morgan fingerprint density at radius 3 is 1.68 bits per heavy atom. The lowest BCUT2D eigenvalue weighted by Crippen LogP contribution is -2.28. The number of ether oxygens (including phenoxy) is 1. The molecule has 0 saturated carbocycles. The van der Waals surface area contributed by atoms with E-state index in [9.17, 15) is 14.4 Å². The summed E-state index contributed by atoms with van der Waals surface area (Å²) >= 11 is 0. The lowest BCUT2D eigenvalue weighted by molar-refractivity contribution is -0.150. The molecular formula is C28H53NO5. The molecule has 0 heterocycles. The Labute approximate surface area is 209 Å². The highest BCUT2D eigenvalue weighted by atomic mass is 16.5. The highest BCUT2D eigenvalue weighted by Gasteiger charge is 2.13. The average Bonchev–Trinajstić information content (AvgIpc) is 2.80. The minimum Gasteiger partial charge on any atom is -0.480 e. The molecule has 0 aromatic heterocycles. The number of esters is 1. The summed E-state index contributed by atoms with van der Waals surface area (Å²) in [5.74, 6) is -1.33. The van der Waals surface area contributed by atoms with Crippen LogP contribution in [0.4, 0.5) is 0 Å². The zero-order chi connectivity index (χ0) is 25.3. The Morgan fingerprint density at radius 1 is 0.647 bits per heavy atom. The molecule has 1 unspecified atom stereocenters. The van der Waals surface area contributed by atoms with Gasteiger partial charge in [0.15, 0.2) is 0 Å². The molecule has 0 aliphatic carbocycles. The van der Waals surface area contributed by atoms with E-state index in [0.29, 0.717) is 12.8 Å². The molecule has 0 aliphatic heterocycles. The Morgan fingerprint density at radius 2 is 1.15 bits per heavy atom. The van der Waals surface area contributed by atoms with Gasteiger partial charge in [-0.3, -0.25) is 14.4 Å². The van der Waals surface area contributed by atoms with Crippen LogP contribution in [0.3, 0.4) is 0 Å². The zero-order valence-electron chi connectivity index (χ0n) is 22.2. The Kier molecular flexibility index (Phi) is 23.4. The number of amides is 1. The van der Waals surface area contributed by atoms with Gasteiger partial charge < -0.3 is 15.2 Å². The van der Waals surface area contributed by atoms with Crippen LogP contribution >= 0.6 is 0 Å². The van der Waals surface area contributed by atoms with Gasteiger partial charge in [0.05, 0.1) is 0 Å². The summed E-state index contributed by atoms with van der Waals surface area (Å²) in [5.41, 5.74) is 0. The van der Waals surface area contributed by atoms with Gasteiger partial charge in [-0.2, -0.15) is 0 Å². The summed E-state index contributed by atoms with van der Waals surface area (Å²) in [7, 11) is 0. The summed E-state index contributed by atoms with van der Waals surface area (Å²) in [5, 5.41) is 10.9. The molecule has 2 N–H and O–H groups in total. The Balaban J connectivity index is 3.65. The van der Waals surface area contributed by atoms with Crippen molar-refractivity contribution in [1.82, 2.24) is 5.32 Å². The highest BCUT2D eigenvalue weighted by Crippen LogP contribution is 2.16. The van der Waals surface area contributed by atoms with E-state index in [1.165, 1.54) is 70.6 Å². The van der Waals surface area contributed by atoms with E-state index in [2.05, 4.69) is 19.2 Å². The van der Waals surface area contributed by atoms with Gasteiger partial charge in [0.1, 0.15) is 12.6 Å². The summed E-state index contributed by atoms with van der Waals surface area (Å²) in [6.45, 7) is 4.03. The van der Waals surface area contributed by atoms with Crippen LogP contribution in [-0.2, 0) is 19.1 Å². The van der Waals surface area contributed by atoms with Crippen molar-refractivity contribution in [3.63, 3.8) is 0 Å². The molecule has 200 valence electrons. The number of rotatable bonds is 25. The van der Waals surface area contributed by atoms with Crippen LogP contribution < -0.4 is 5.32 Å². The quantitative estimate of drug-likeness (QED) is 0.105. The van der Waals surface area contributed by atoms with Crippen molar-refractivity contribution in [2.75, 3.05) is 6.54 Å². The molecule has 0 radical (unpaired) electrons. The van der Waals surface area contributed by atoms with Gasteiger partial charge in [-0.1, -0.05) is 104 Å². The maximum atomic E-state index is 12.2. The van der Waals surface area contributed by atoms with Crippen LogP contribution in [0.1, 0.15) is 149 Å². The fourth-order valence-corrected chi connectivity index (χ4v) is 4.21. The van der Waals surface area contributed by atoms with E-state index < -0.39 is 5.97 Å². The zero-order valence-corrected chi connectivity index (χ0v) is 22.2. The fourth-order valence-electron chi connectivity index (χ4n) is 4.21. The van der Waals surface area contributed by atoms with E-state index >= 15 is 0 Å².